The van der Waals surface area contributed by atoms with Crippen molar-refractivity contribution >= 4 is 44.7 Å². The molecule has 746 valence electrons. The van der Waals surface area contributed by atoms with Crippen LogP contribution in [0.5, 0.6) is 93.0 Å². The summed E-state index contributed by atoms with van der Waals surface area (Å²) in [5.74, 6) is 4.96. The molecule has 9 heterocycles. The lowest BCUT2D eigenvalue weighted by atomic mass is 9.94. The van der Waals surface area contributed by atoms with Gasteiger partial charge in [0.25, 0.3) is 47.0 Å². The number of ether oxygens (including phenoxy) is 8. The molecule has 0 saturated heterocycles. The zero-order valence-electron chi connectivity index (χ0n) is 89.6. The second kappa shape index (κ2) is 41.3. The van der Waals surface area contributed by atoms with Crippen molar-refractivity contribution < 1.29 is 37.9 Å². The van der Waals surface area contributed by atoms with Crippen LogP contribution in [0, 0.1) is 0 Å². The Morgan fingerprint density at radius 1 is 0.146 bits per heavy atom. The number of hydrogen-bond donors (Lipinski definition) is 2. The highest BCUT2D eigenvalue weighted by Crippen LogP contribution is 2.54. The summed E-state index contributed by atoms with van der Waals surface area (Å²) >= 11 is 0. The lowest BCUT2D eigenvalue weighted by Crippen LogP contribution is -2.06. The molecule has 8 bridgehead atoms. The number of aromatic nitrogens is 16. The fraction of sp³-hybridized carbons (Fsp3) is 0.400. The number of fused-ring (bicyclic) bond motifs is 20. The Labute approximate surface area is 847 Å². The van der Waals surface area contributed by atoms with Crippen LogP contribution in [0.25, 0.3) is 90.7 Å². The van der Waals surface area contributed by atoms with Crippen molar-refractivity contribution in [3.8, 4) is 139 Å². The fourth-order valence-corrected chi connectivity index (χ4v) is 18.9. The highest BCUT2D eigenvalue weighted by Gasteiger charge is 2.38. The Morgan fingerprint density at radius 3 is 0.368 bits per heavy atom. The van der Waals surface area contributed by atoms with Crippen molar-refractivity contribution in [2.75, 3.05) is 0 Å². The molecule has 8 aromatic carbocycles. The zero-order chi connectivity index (χ0) is 103. The minimum atomic E-state index is -0.0105. The van der Waals surface area contributed by atoms with E-state index in [2.05, 4.69) is 377 Å². The molecule has 15 aromatic rings. The van der Waals surface area contributed by atoms with Gasteiger partial charge in [-0.25, -0.2) is 69.8 Å². The third-order valence-corrected chi connectivity index (χ3v) is 27.0. The van der Waals surface area contributed by atoms with E-state index in [1.165, 1.54) is 0 Å². The molecular weight excluding hydrogens is 1790 g/mol. The number of benzene rings is 8. The van der Waals surface area contributed by atoms with E-state index in [-0.39, 0.29) is 232 Å². The van der Waals surface area contributed by atoms with E-state index in [9.17, 15) is 0 Å². The van der Waals surface area contributed by atoms with Crippen LogP contribution in [-0.2, 0) is 0 Å². The van der Waals surface area contributed by atoms with Crippen LogP contribution in [0.1, 0.15) is 405 Å². The highest BCUT2D eigenvalue weighted by molar-refractivity contribution is 6.02. The molecule has 144 heavy (non-hydrogen) atoms. The minimum Gasteiger partial charge on any atom is -0.434 e. The first-order valence-electron chi connectivity index (χ1n) is 51.6. The Hall–Kier alpha value is -14.2. The third kappa shape index (κ3) is 19.9. The maximum absolute atomic E-state index is 7.55. The standard InChI is InChI=1S/C120H138N16O8/c1-57(2)73-41-33-42-74(58(3)4)97(73)137-113-114(138-98-75(59(5)6)43-34-44-76(98)60(7)8)122-90-89(121-113)105-129-106(90)134-108-93-94(126-118(142-102-83(67(21)22)51-38-52-84(102)68(23)24)117(125-93)141-101-81(65(17)18)49-37-50-82(101)66(19)20)110(131-108)136-112-96-95(127-119(143-103-85(69(25)26)53-39-54-86(103)70(27)28)120(128-96)144-104-87(71(29)30)55-40-56-88(104)72(31)32)111(132-112)135-109-92-91(107(130-109)133-105)123-115(139-99-77(61(9)10)45-35-46-78(99)62(11)12)116(124-92)140-100-79(63(13)14)47-36-48-80(100)64(15)16/h33-72H,1-32H3,(H2,129,130,131,132,133,134,135,136). The summed E-state index contributed by atoms with van der Waals surface area (Å²) < 4.78 is 60.4. The average molecular weight is 1930 g/mol. The topological polar surface area (TPSA) is 286 Å². The van der Waals surface area contributed by atoms with E-state index in [0.29, 0.717) is 46.0 Å². The van der Waals surface area contributed by atoms with Gasteiger partial charge in [0, 0.05) is 0 Å². The van der Waals surface area contributed by atoms with E-state index in [0.717, 1.165) is 89.0 Å². The van der Waals surface area contributed by atoms with E-state index in [4.69, 9.17) is 108 Å². The van der Waals surface area contributed by atoms with Gasteiger partial charge in [0.2, 0.25) is 0 Å². The van der Waals surface area contributed by atoms with Crippen LogP contribution in [0.3, 0.4) is 0 Å². The van der Waals surface area contributed by atoms with Gasteiger partial charge in [-0.1, -0.05) is 367 Å². The summed E-state index contributed by atoms with van der Waals surface area (Å²) in [4.78, 5) is 87.2. The molecule has 0 radical (unpaired) electrons. The molecule has 0 unspecified atom stereocenters. The van der Waals surface area contributed by atoms with Gasteiger partial charge in [-0.15, -0.1) is 0 Å². The molecular formula is C120H138N16O8. The number of nitrogens with one attached hydrogen (secondary N) is 2. The van der Waals surface area contributed by atoms with Crippen LogP contribution < -0.4 is 37.9 Å². The number of hydrogen-bond acceptors (Lipinski definition) is 22. The average Bonchev–Trinajstić information content (AvgIpc) is 1.62. The Balaban J connectivity index is 1.09. The molecule has 2 N–H and O–H groups in total. The Bertz CT molecular complexity index is 6520. The number of H-pyrrole nitrogens is 2. The van der Waals surface area contributed by atoms with Crippen molar-refractivity contribution in [2.24, 2.45) is 0 Å². The summed E-state index contributed by atoms with van der Waals surface area (Å²) in [7, 11) is 0. The van der Waals surface area contributed by atoms with Crippen molar-refractivity contribution in [3.63, 3.8) is 0 Å². The first-order valence-corrected chi connectivity index (χ1v) is 51.6. The maximum Gasteiger partial charge on any atom is 0.284 e. The number of nitrogens with zero attached hydrogens (tertiary/aromatic N) is 14. The van der Waals surface area contributed by atoms with E-state index in [1.54, 1.807) is 0 Å². The van der Waals surface area contributed by atoms with Gasteiger partial charge in [0.15, 0.2) is 45.9 Å². The van der Waals surface area contributed by atoms with Gasteiger partial charge < -0.3 is 47.9 Å². The maximum atomic E-state index is 7.55. The van der Waals surface area contributed by atoms with Crippen LogP contribution in [-0.4, -0.2) is 79.7 Å². The second-order valence-electron chi connectivity index (χ2n) is 43.2. The molecule has 0 saturated carbocycles. The van der Waals surface area contributed by atoms with E-state index < -0.39 is 0 Å². The minimum absolute atomic E-state index is 0.00900. The van der Waals surface area contributed by atoms with Gasteiger partial charge in [-0.3, -0.25) is 0 Å². The molecule has 0 aliphatic carbocycles. The summed E-state index contributed by atoms with van der Waals surface area (Å²) in [6.45, 7) is 68.9. The highest BCUT2D eigenvalue weighted by atomic mass is 16.6. The van der Waals surface area contributed by atoms with Crippen molar-refractivity contribution in [3.05, 3.63) is 235 Å². The summed E-state index contributed by atoms with van der Waals surface area (Å²) in [5, 5.41) is 0. The van der Waals surface area contributed by atoms with Crippen molar-refractivity contribution in [1.82, 2.24) is 79.7 Å². The third-order valence-electron chi connectivity index (χ3n) is 27.0. The summed E-state index contributed by atoms with van der Waals surface area (Å²) in [6, 6.07) is 50.1. The first kappa shape index (κ1) is 101. The SMILES string of the molecule is CC(C)c1cccc(C(C)C)c1Oc1nc2c(nc1Oc1c(C(C)C)cccc1C(C)C)-c1nc-2nc2[nH]c(nc3nc(nc4[nH]c(n1)c1nc(Oc5c(C(C)C)cccc5C(C)C)c(Oc5c(C(C)C)cccc5C(C)C)nc41)-c1nc(Oc4c(C(C)C)cccc4C(C)C)c(Oc4c(C(C)C)cccc4C(C)C)nc1-3)c1nc(Oc3c(C(C)C)cccc3C(C)C)c(Oc3c(C(C)C)cccc3C(C)C)nc21. The van der Waals surface area contributed by atoms with Crippen LogP contribution in [0.4, 0.5) is 0 Å². The Kier molecular flexibility index (Phi) is 29.1. The predicted octanol–water partition coefficient (Wildman–Crippen LogP) is 34.3. The lowest BCUT2D eigenvalue weighted by molar-refractivity contribution is 0.380. The summed E-state index contributed by atoms with van der Waals surface area (Å²) in [6.07, 6.45) is 0. The van der Waals surface area contributed by atoms with Crippen LogP contribution in [0.15, 0.2) is 146 Å². The second-order valence-corrected chi connectivity index (χ2v) is 43.2. The molecule has 2 aliphatic heterocycles. The zero-order valence-corrected chi connectivity index (χ0v) is 89.6. The smallest absolute Gasteiger partial charge is 0.284 e. The van der Waals surface area contributed by atoms with Gasteiger partial charge in [0.05, 0.1) is 0 Å². The lowest BCUT2D eigenvalue weighted by Gasteiger charge is -2.22. The molecule has 0 spiro atoms. The van der Waals surface area contributed by atoms with Gasteiger partial charge in [-0.05, 0) is 184 Å². The van der Waals surface area contributed by atoms with Crippen molar-refractivity contribution in [1.29, 1.82) is 0 Å². The molecule has 0 fully saturated rings. The van der Waals surface area contributed by atoms with Gasteiger partial charge >= 0.3 is 0 Å². The Morgan fingerprint density at radius 2 is 0.257 bits per heavy atom. The monoisotopic (exact) mass is 1930 g/mol. The van der Waals surface area contributed by atoms with Crippen LogP contribution >= 0.6 is 0 Å². The number of rotatable bonds is 32. The van der Waals surface area contributed by atoms with Gasteiger partial charge in [-0.2, -0.15) is 0 Å². The molecule has 0 amide bonds. The largest absolute Gasteiger partial charge is 0.434 e. The van der Waals surface area contributed by atoms with E-state index >= 15 is 0 Å². The number of aromatic amines is 2. The van der Waals surface area contributed by atoms with Crippen LogP contribution in [0.2, 0.25) is 0 Å². The molecule has 7 aromatic heterocycles. The quantitative estimate of drug-likeness (QED) is 0.0396. The molecule has 24 nitrogen and oxygen atoms in total. The molecule has 2 aliphatic rings. The molecule has 24 heteroatoms. The first-order chi connectivity index (χ1) is 68.6. The normalized spacial score (nSPS) is 12.3. The van der Waals surface area contributed by atoms with Gasteiger partial charge in [0.1, 0.15) is 90.8 Å². The number of para-hydroxylation sites is 8. The van der Waals surface area contributed by atoms with Crippen molar-refractivity contribution in [2.45, 2.75) is 316 Å². The molecule has 0 atom stereocenters. The summed E-state index contributed by atoms with van der Waals surface area (Å²) in [5.41, 5.74) is 16.8. The molecule has 17 rings (SSSR count). The fourth-order valence-electron chi connectivity index (χ4n) is 18.9. The predicted molar refractivity (Wildman–Crippen MR) is 576 cm³/mol. The van der Waals surface area contributed by atoms with E-state index in [1.807, 2.05) is 0 Å².